The number of pyridine rings is 1. The molecule has 5 heterocycles. The molecule has 12 aromatic rings. The van der Waals surface area contributed by atoms with E-state index in [0.717, 1.165) is 16.9 Å². The topological polar surface area (TPSA) is 27.2 Å². The SMILES string of the molecule is c1ccc(-n2c3ccc(-n4c5ccccc5c5cc6c7ccccc7n7c8cc9ccccc9cc8c(c54)c67)cc3c3ccncc32)cc1. The van der Waals surface area contributed by atoms with E-state index in [0.29, 0.717) is 0 Å². The van der Waals surface area contributed by atoms with Gasteiger partial charge >= 0.3 is 0 Å². The van der Waals surface area contributed by atoms with E-state index in [1.807, 2.05) is 12.4 Å². The third kappa shape index (κ3) is 3.16. The molecular weight excluding hydrogens is 597 g/mol. The number of hydrogen-bond acceptors (Lipinski definition) is 1. The minimum absolute atomic E-state index is 1.11. The number of aromatic nitrogens is 4. The molecule has 4 heteroatoms. The highest BCUT2D eigenvalue weighted by Gasteiger charge is 2.25. The fraction of sp³-hybridized carbons (Fsp3) is 0. The first kappa shape index (κ1) is 25.4. The van der Waals surface area contributed by atoms with Crippen LogP contribution in [0, 0.1) is 0 Å². The van der Waals surface area contributed by atoms with Gasteiger partial charge in [0, 0.05) is 60.7 Å². The molecule has 0 spiro atoms. The zero-order valence-corrected chi connectivity index (χ0v) is 26.3. The second kappa shape index (κ2) is 9.03. The Balaban J connectivity index is 1.29. The lowest BCUT2D eigenvalue weighted by Gasteiger charge is -2.11. The molecule has 49 heavy (non-hydrogen) atoms. The van der Waals surface area contributed by atoms with Crippen LogP contribution in [-0.2, 0) is 0 Å². The molecule has 0 aliphatic carbocycles. The van der Waals surface area contributed by atoms with Gasteiger partial charge in [0.25, 0.3) is 0 Å². The van der Waals surface area contributed by atoms with Crippen molar-refractivity contribution >= 4 is 92.5 Å². The van der Waals surface area contributed by atoms with Gasteiger partial charge in [-0.25, -0.2) is 0 Å². The predicted molar refractivity (Wildman–Crippen MR) is 205 cm³/mol. The molecule has 7 aromatic carbocycles. The Morgan fingerprint density at radius 3 is 1.90 bits per heavy atom. The highest BCUT2D eigenvalue weighted by atomic mass is 15.0. The Morgan fingerprint density at radius 1 is 0.367 bits per heavy atom. The van der Waals surface area contributed by atoms with Gasteiger partial charge in [0.2, 0.25) is 0 Å². The van der Waals surface area contributed by atoms with E-state index in [4.69, 9.17) is 0 Å². The van der Waals surface area contributed by atoms with Gasteiger partial charge in [-0.1, -0.05) is 78.9 Å². The van der Waals surface area contributed by atoms with Gasteiger partial charge in [-0.15, -0.1) is 0 Å². The minimum atomic E-state index is 1.11. The third-order valence-electron chi connectivity index (χ3n) is 10.8. The van der Waals surface area contributed by atoms with Crippen LogP contribution < -0.4 is 0 Å². The van der Waals surface area contributed by atoms with Crippen molar-refractivity contribution in [3.05, 3.63) is 158 Å². The van der Waals surface area contributed by atoms with E-state index in [1.165, 1.54) is 87.0 Å². The van der Waals surface area contributed by atoms with Crippen LogP contribution in [0.25, 0.3) is 104 Å². The summed E-state index contributed by atoms with van der Waals surface area (Å²) in [6, 6.07) is 53.5. The number of fused-ring (bicyclic) bond motifs is 14. The summed E-state index contributed by atoms with van der Waals surface area (Å²) in [5, 5.41) is 12.6. The number of nitrogens with zero attached hydrogens (tertiary/aromatic N) is 4. The van der Waals surface area contributed by atoms with Crippen LogP contribution >= 0.6 is 0 Å². The normalized spacial score (nSPS) is 12.5. The summed E-state index contributed by atoms with van der Waals surface area (Å²) in [5.41, 5.74) is 10.8. The average molecular weight is 623 g/mol. The number of hydrogen-bond donors (Lipinski definition) is 0. The van der Waals surface area contributed by atoms with E-state index in [1.54, 1.807) is 0 Å². The molecule has 0 atom stereocenters. The Hall–Kier alpha value is -6.65. The van der Waals surface area contributed by atoms with Crippen LogP contribution in [0.3, 0.4) is 0 Å². The molecular formula is C45H26N4. The van der Waals surface area contributed by atoms with Gasteiger partial charge in [-0.2, -0.15) is 0 Å². The van der Waals surface area contributed by atoms with Gasteiger partial charge in [-0.3, -0.25) is 4.98 Å². The Labute approximate surface area is 279 Å². The largest absolute Gasteiger partial charge is 0.309 e. The molecule has 0 unspecified atom stereocenters. The van der Waals surface area contributed by atoms with Crippen molar-refractivity contribution in [3.8, 4) is 11.4 Å². The monoisotopic (exact) mass is 622 g/mol. The Morgan fingerprint density at radius 2 is 1.04 bits per heavy atom. The van der Waals surface area contributed by atoms with Crippen molar-refractivity contribution in [1.29, 1.82) is 0 Å². The predicted octanol–water partition coefficient (Wildman–Crippen LogP) is 11.6. The summed E-state index contributed by atoms with van der Waals surface area (Å²) in [4.78, 5) is 4.54. The maximum Gasteiger partial charge on any atom is 0.0724 e. The molecule has 0 N–H and O–H groups in total. The van der Waals surface area contributed by atoms with E-state index >= 15 is 0 Å². The maximum atomic E-state index is 4.54. The average Bonchev–Trinajstić information content (AvgIpc) is 3.88. The fourth-order valence-corrected chi connectivity index (χ4v) is 8.81. The first-order chi connectivity index (χ1) is 24.3. The summed E-state index contributed by atoms with van der Waals surface area (Å²) < 4.78 is 7.35. The highest BCUT2D eigenvalue weighted by molar-refractivity contribution is 6.35. The van der Waals surface area contributed by atoms with Crippen LogP contribution in [0.5, 0.6) is 0 Å². The van der Waals surface area contributed by atoms with Crippen molar-refractivity contribution in [2.45, 2.75) is 0 Å². The molecule has 226 valence electrons. The molecule has 0 bridgehead atoms. The molecule has 0 aliphatic rings. The van der Waals surface area contributed by atoms with Crippen molar-refractivity contribution in [2.24, 2.45) is 0 Å². The molecule has 0 aliphatic heterocycles. The first-order valence-electron chi connectivity index (χ1n) is 16.8. The summed E-state index contributed by atoms with van der Waals surface area (Å²) >= 11 is 0. The zero-order chi connectivity index (χ0) is 31.8. The molecule has 0 saturated carbocycles. The Bertz CT molecular complexity index is 3320. The standard InChI is InChI=1S/C45H26N4/c1-2-12-29(13-3-1)47-40-19-18-30(24-34(40)33-20-21-46-26-42(33)47)48-38-16-8-6-14-31(38)35-25-36-32-15-7-9-17-39(32)49-41-23-28-11-5-4-10-27(28)22-37(41)43(44(35)48)45(36)49/h1-26H. The van der Waals surface area contributed by atoms with E-state index in [9.17, 15) is 0 Å². The quantitative estimate of drug-likeness (QED) is 0.188. The number of benzene rings is 7. The minimum Gasteiger partial charge on any atom is -0.309 e. The van der Waals surface area contributed by atoms with E-state index in [-0.39, 0.29) is 0 Å². The van der Waals surface area contributed by atoms with E-state index < -0.39 is 0 Å². The zero-order valence-electron chi connectivity index (χ0n) is 26.3. The number of para-hydroxylation sites is 3. The van der Waals surface area contributed by atoms with Crippen LogP contribution in [0.2, 0.25) is 0 Å². The van der Waals surface area contributed by atoms with Gasteiger partial charge in [-0.05, 0) is 77.5 Å². The van der Waals surface area contributed by atoms with Crippen LogP contribution in [0.15, 0.2) is 158 Å². The molecule has 0 amide bonds. The highest BCUT2D eigenvalue weighted by Crippen LogP contribution is 2.47. The van der Waals surface area contributed by atoms with Gasteiger partial charge in [0.05, 0.1) is 44.8 Å². The lowest BCUT2D eigenvalue weighted by atomic mass is 10.0. The van der Waals surface area contributed by atoms with E-state index in [2.05, 4.69) is 164 Å². The van der Waals surface area contributed by atoms with Crippen LogP contribution in [0.4, 0.5) is 0 Å². The Kier molecular flexibility index (Phi) is 4.69. The fourth-order valence-electron chi connectivity index (χ4n) is 8.81. The summed E-state index contributed by atoms with van der Waals surface area (Å²) in [5.74, 6) is 0. The smallest absolute Gasteiger partial charge is 0.0724 e. The lowest BCUT2D eigenvalue weighted by Crippen LogP contribution is -1.96. The molecule has 0 saturated heterocycles. The van der Waals surface area contributed by atoms with Crippen LogP contribution in [0.1, 0.15) is 0 Å². The summed E-state index contributed by atoms with van der Waals surface area (Å²) in [6.07, 6.45) is 3.89. The van der Waals surface area contributed by atoms with Crippen molar-refractivity contribution in [2.75, 3.05) is 0 Å². The van der Waals surface area contributed by atoms with Gasteiger partial charge < -0.3 is 13.5 Å². The second-order valence-electron chi connectivity index (χ2n) is 13.2. The molecule has 0 fully saturated rings. The van der Waals surface area contributed by atoms with Crippen molar-refractivity contribution in [3.63, 3.8) is 0 Å². The summed E-state index contributed by atoms with van der Waals surface area (Å²) in [7, 11) is 0. The van der Waals surface area contributed by atoms with Gasteiger partial charge in [0.1, 0.15) is 0 Å². The molecule has 0 radical (unpaired) electrons. The first-order valence-corrected chi connectivity index (χ1v) is 16.8. The van der Waals surface area contributed by atoms with Crippen LogP contribution in [-0.4, -0.2) is 18.5 Å². The molecule has 5 aromatic heterocycles. The second-order valence-corrected chi connectivity index (χ2v) is 13.2. The van der Waals surface area contributed by atoms with Crippen molar-refractivity contribution < 1.29 is 0 Å². The number of rotatable bonds is 2. The maximum absolute atomic E-state index is 4.54. The lowest BCUT2D eigenvalue weighted by molar-refractivity contribution is 1.16. The van der Waals surface area contributed by atoms with Gasteiger partial charge in [0.15, 0.2) is 0 Å². The molecule has 12 rings (SSSR count). The van der Waals surface area contributed by atoms with Crippen molar-refractivity contribution in [1.82, 2.24) is 18.5 Å². The molecule has 4 nitrogen and oxygen atoms in total. The third-order valence-corrected chi connectivity index (χ3v) is 10.8. The summed E-state index contributed by atoms with van der Waals surface area (Å²) in [6.45, 7) is 0.